The van der Waals surface area contributed by atoms with Crippen molar-refractivity contribution in [2.45, 2.75) is 26.4 Å². The number of carbonyl (C=O) groups is 1. The van der Waals surface area contributed by atoms with Crippen LogP contribution in [0.3, 0.4) is 0 Å². The summed E-state index contributed by atoms with van der Waals surface area (Å²) in [6.07, 6.45) is 6.54. The molecule has 5 heterocycles. The molecule has 4 aromatic heterocycles. The molecule has 1 saturated heterocycles. The van der Waals surface area contributed by atoms with Gasteiger partial charge in [-0.25, -0.2) is 14.5 Å². The number of anilines is 1. The van der Waals surface area contributed by atoms with Crippen LogP contribution in [0.25, 0.3) is 16.6 Å². The Morgan fingerprint density at radius 2 is 2.10 bits per heavy atom. The van der Waals surface area contributed by atoms with Crippen LogP contribution in [0.1, 0.15) is 36.8 Å². The second kappa shape index (κ2) is 11.1. The van der Waals surface area contributed by atoms with E-state index >= 15 is 0 Å². The number of aromatic nitrogens is 4. The summed E-state index contributed by atoms with van der Waals surface area (Å²) in [4.78, 5) is 23.6. The average molecular weight is 560 g/mol. The Kier molecular flexibility index (Phi) is 7.61. The molecular weight excluding hydrogens is 530 g/mol. The summed E-state index contributed by atoms with van der Waals surface area (Å²) in [6.45, 7) is 7.67. The Bertz CT molecular complexity index is 1570. The lowest BCUT2D eigenvalue weighted by molar-refractivity contribution is 0.0283. The normalized spacial score (nSPS) is 17.1. The van der Waals surface area contributed by atoms with Gasteiger partial charge in [0.1, 0.15) is 29.9 Å². The molecule has 2 N–H and O–H groups in total. The van der Waals surface area contributed by atoms with Crippen LogP contribution in [-0.2, 0) is 0 Å². The van der Waals surface area contributed by atoms with Crippen molar-refractivity contribution < 1.29 is 14.6 Å². The van der Waals surface area contributed by atoms with E-state index < -0.39 is 5.60 Å². The average Bonchev–Trinajstić information content (AvgIpc) is 3.53. The summed E-state index contributed by atoms with van der Waals surface area (Å²) in [5, 5.41) is 27.3. The van der Waals surface area contributed by atoms with Crippen LogP contribution < -0.4 is 15.0 Å². The Morgan fingerprint density at radius 3 is 2.80 bits per heavy atom. The van der Waals surface area contributed by atoms with Crippen molar-refractivity contribution in [3.05, 3.63) is 71.4 Å². The van der Waals surface area contributed by atoms with Crippen molar-refractivity contribution in [1.82, 2.24) is 24.9 Å². The molecule has 0 spiro atoms. The van der Waals surface area contributed by atoms with Crippen molar-refractivity contribution in [3.8, 4) is 22.9 Å². The third-order valence-electron chi connectivity index (χ3n) is 6.95. The maximum atomic E-state index is 12.6. The number of ether oxygens (including phenoxy) is 1. The maximum Gasteiger partial charge on any atom is 0.271 e. The van der Waals surface area contributed by atoms with Gasteiger partial charge in [-0.05, 0) is 56.0 Å². The van der Waals surface area contributed by atoms with Crippen LogP contribution >= 0.6 is 11.6 Å². The molecule has 0 radical (unpaired) electrons. The zero-order valence-electron chi connectivity index (χ0n) is 22.5. The Morgan fingerprint density at radius 1 is 1.27 bits per heavy atom. The lowest BCUT2D eigenvalue weighted by atomic mass is 9.98. The van der Waals surface area contributed by atoms with Gasteiger partial charge in [-0.2, -0.15) is 10.4 Å². The van der Waals surface area contributed by atoms with Gasteiger partial charge in [-0.15, -0.1) is 0 Å². The summed E-state index contributed by atoms with van der Waals surface area (Å²) in [7, 11) is 0. The van der Waals surface area contributed by atoms with E-state index in [2.05, 4.69) is 33.3 Å². The minimum atomic E-state index is -1.00. The molecule has 206 valence electrons. The second-order valence-electron chi connectivity index (χ2n) is 10.7. The molecule has 2 atom stereocenters. The Labute approximate surface area is 237 Å². The predicted molar refractivity (Wildman–Crippen MR) is 151 cm³/mol. The molecule has 5 rings (SSSR count). The zero-order chi connectivity index (χ0) is 28.4. The molecule has 1 aliphatic heterocycles. The zero-order valence-corrected chi connectivity index (χ0v) is 23.3. The molecule has 10 nitrogen and oxygen atoms in total. The van der Waals surface area contributed by atoms with E-state index in [4.69, 9.17) is 21.3 Å². The van der Waals surface area contributed by atoms with Crippen LogP contribution in [0.5, 0.6) is 5.75 Å². The SMILES string of the molecule is CC1CN(c2ccc(-c3cc(OCC(C)(C)O)cn4ncc(C#N)c34)cn2)C[C@H]1CNC(=O)c1ncccc1Cl. The standard InChI is InChI=1S/C29H30ClN7O3/c1-18-14-36(15-21(18)12-34-28(38)26-24(30)5-4-8-32-26)25-7-6-19(11-33-25)23-9-22(40-17-29(2,3)39)16-37-27(23)20(10-31)13-35-37/h4-9,11,13,16,18,21,39H,12,14-15,17H2,1-3H3,(H,34,38)/t18?,21-/m1/s1. The molecule has 40 heavy (non-hydrogen) atoms. The number of hydrogen-bond acceptors (Lipinski definition) is 8. The predicted octanol–water partition coefficient (Wildman–Crippen LogP) is 3.97. The van der Waals surface area contributed by atoms with Gasteiger partial charge >= 0.3 is 0 Å². The van der Waals surface area contributed by atoms with Gasteiger partial charge in [0.25, 0.3) is 5.91 Å². The van der Waals surface area contributed by atoms with E-state index in [-0.39, 0.29) is 24.1 Å². The number of amides is 1. The highest BCUT2D eigenvalue weighted by Gasteiger charge is 2.31. The molecule has 0 aliphatic carbocycles. The fraction of sp³-hybridized carbons (Fsp3) is 0.345. The van der Waals surface area contributed by atoms with Crippen LogP contribution in [0.2, 0.25) is 5.02 Å². The fourth-order valence-corrected chi connectivity index (χ4v) is 5.02. The topological polar surface area (TPSA) is 129 Å². The number of hydrogen-bond donors (Lipinski definition) is 2. The van der Waals surface area contributed by atoms with Gasteiger partial charge in [-0.3, -0.25) is 4.79 Å². The molecule has 0 bridgehead atoms. The highest BCUT2D eigenvalue weighted by molar-refractivity contribution is 6.33. The largest absolute Gasteiger partial charge is 0.489 e. The number of aliphatic hydroxyl groups is 1. The van der Waals surface area contributed by atoms with Crippen molar-refractivity contribution in [3.63, 3.8) is 0 Å². The highest BCUT2D eigenvalue weighted by Crippen LogP contribution is 2.33. The first-order valence-electron chi connectivity index (χ1n) is 13.0. The van der Waals surface area contributed by atoms with Gasteiger partial charge in [-0.1, -0.05) is 18.5 Å². The van der Waals surface area contributed by atoms with Crippen molar-refractivity contribution >= 4 is 28.8 Å². The molecule has 11 heteroatoms. The number of nitriles is 1. The number of halogens is 1. The van der Waals surface area contributed by atoms with Crippen LogP contribution in [0.15, 0.2) is 55.1 Å². The fourth-order valence-electron chi connectivity index (χ4n) is 4.82. The van der Waals surface area contributed by atoms with Gasteiger partial charge < -0.3 is 20.1 Å². The Hall–Kier alpha value is -4.20. The summed E-state index contributed by atoms with van der Waals surface area (Å²) in [5.74, 6) is 1.65. The van der Waals surface area contributed by atoms with Crippen LogP contribution in [0.4, 0.5) is 5.82 Å². The van der Waals surface area contributed by atoms with E-state index in [1.54, 1.807) is 49.1 Å². The first kappa shape index (κ1) is 27.4. The minimum absolute atomic E-state index is 0.102. The maximum absolute atomic E-state index is 12.6. The van der Waals surface area contributed by atoms with E-state index in [1.807, 2.05) is 18.2 Å². The Balaban J connectivity index is 1.32. The molecule has 1 fully saturated rings. The number of fused-ring (bicyclic) bond motifs is 1. The van der Waals surface area contributed by atoms with Gasteiger partial charge in [0.2, 0.25) is 0 Å². The van der Waals surface area contributed by atoms with Gasteiger partial charge in [0.15, 0.2) is 0 Å². The van der Waals surface area contributed by atoms with E-state index in [1.165, 1.54) is 6.20 Å². The molecule has 4 aromatic rings. The van der Waals surface area contributed by atoms with Crippen LogP contribution in [0, 0.1) is 23.2 Å². The lowest BCUT2D eigenvalue weighted by Crippen LogP contribution is -2.33. The minimum Gasteiger partial charge on any atom is -0.489 e. The lowest BCUT2D eigenvalue weighted by Gasteiger charge is -2.19. The smallest absolute Gasteiger partial charge is 0.271 e. The number of nitrogens with one attached hydrogen (secondary N) is 1. The summed E-state index contributed by atoms with van der Waals surface area (Å²) >= 11 is 6.11. The van der Waals surface area contributed by atoms with E-state index in [9.17, 15) is 15.2 Å². The first-order chi connectivity index (χ1) is 19.1. The monoisotopic (exact) mass is 559 g/mol. The molecule has 0 saturated carbocycles. The van der Waals surface area contributed by atoms with E-state index in [0.717, 1.165) is 30.0 Å². The number of pyridine rings is 3. The molecule has 1 amide bonds. The van der Waals surface area contributed by atoms with E-state index in [0.29, 0.717) is 34.3 Å². The van der Waals surface area contributed by atoms with Crippen molar-refractivity contribution in [2.75, 3.05) is 31.1 Å². The summed E-state index contributed by atoms with van der Waals surface area (Å²) < 4.78 is 7.43. The van der Waals surface area contributed by atoms with Gasteiger partial charge in [0, 0.05) is 43.2 Å². The van der Waals surface area contributed by atoms with Crippen molar-refractivity contribution in [2.24, 2.45) is 11.8 Å². The second-order valence-corrected chi connectivity index (χ2v) is 11.2. The quantitative estimate of drug-likeness (QED) is 0.332. The number of rotatable bonds is 8. The molecule has 1 unspecified atom stereocenters. The third kappa shape index (κ3) is 5.86. The van der Waals surface area contributed by atoms with Crippen molar-refractivity contribution in [1.29, 1.82) is 5.26 Å². The summed E-state index contributed by atoms with van der Waals surface area (Å²) in [5.41, 5.74) is 1.89. The highest BCUT2D eigenvalue weighted by atomic mass is 35.5. The molecular formula is C29H30ClN7O3. The number of carbonyl (C=O) groups excluding carboxylic acids is 1. The number of nitrogens with zero attached hydrogens (tertiary/aromatic N) is 6. The van der Waals surface area contributed by atoms with Gasteiger partial charge in [0.05, 0.1) is 34.1 Å². The third-order valence-corrected chi connectivity index (χ3v) is 7.25. The summed E-state index contributed by atoms with van der Waals surface area (Å²) in [6, 6.07) is 11.3. The van der Waals surface area contributed by atoms with Crippen LogP contribution in [-0.4, -0.2) is 62.4 Å². The molecule has 0 aromatic carbocycles. The first-order valence-corrected chi connectivity index (χ1v) is 13.4. The molecule has 1 aliphatic rings.